The van der Waals surface area contributed by atoms with Gasteiger partial charge in [0, 0.05) is 32.2 Å². The number of nitrogens with one attached hydrogen (secondary N) is 1. The highest BCUT2D eigenvalue weighted by molar-refractivity contribution is 7.91. The number of sulfone groups is 1. The van der Waals surface area contributed by atoms with E-state index in [-0.39, 0.29) is 47.2 Å². The van der Waals surface area contributed by atoms with Crippen LogP contribution in [0.2, 0.25) is 5.02 Å². The van der Waals surface area contributed by atoms with Gasteiger partial charge in [-0.15, -0.1) is 24.8 Å². The van der Waals surface area contributed by atoms with Crippen molar-refractivity contribution in [1.29, 1.82) is 0 Å². The van der Waals surface area contributed by atoms with Gasteiger partial charge in [0.25, 0.3) is 5.91 Å². The standard InChI is InChI=1S/C14H20ClN3O4S.2ClH/c1-22-13-9-12(16)11(15)8-10(13)14(19)17-2-3-18-4-6-23(20,21)7-5-18;;/h8-9H,2-7,16H2,1H3,(H,17,19);2*1H. The molecule has 3 N–H and O–H groups in total. The number of methoxy groups -OCH3 is 1. The number of nitrogens with two attached hydrogens (primary N) is 1. The van der Waals surface area contributed by atoms with Crippen LogP contribution in [0.5, 0.6) is 5.75 Å². The summed E-state index contributed by atoms with van der Waals surface area (Å²) in [5, 5.41) is 3.07. The maximum atomic E-state index is 12.2. The molecule has 144 valence electrons. The van der Waals surface area contributed by atoms with Gasteiger partial charge in [0.2, 0.25) is 0 Å². The Morgan fingerprint density at radius 2 is 1.92 bits per heavy atom. The lowest BCUT2D eigenvalue weighted by molar-refractivity contribution is 0.0945. The van der Waals surface area contributed by atoms with Crippen molar-refractivity contribution < 1.29 is 17.9 Å². The highest BCUT2D eigenvalue weighted by atomic mass is 35.5. The third-order valence-corrected chi connectivity index (χ3v) is 5.65. The van der Waals surface area contributed by atoms with Crippen molar-refractivity contribution in [1.82, 2.24) is 10.2 Å². The van der Waals surface area contributed by atoms with E-state index in [1.54, 1.807) is 0 Å². The summed E-state index contributed by atoms with van der Waals surface area (Å²) in [6.45, 7) is 1.99. The zero-order chi connectivity index (χ0) is 17.0. The van der Waals surface area contributed by atoms with Gasteiger partial charge < -0.3 is 15.8 Å². The highest BCUT2D eigenvalue weighted by Gasteiger charge is 2.21. The van der Waals surface area contributed by atoms with Crippen molar-refractivity contribution in [3.05, 3.63) is 22.7 Å². The molecule has 1 aromatic rings. The molecule has 1 saturated heterocycles. The number of rotatable bonds is 5. The van der Waals surface area contributed by atoms with Crippen LogP contribution in [0.25, 0.3) is 0 Å². The monoisotopic (exact) mass is 433 g/mol. The topological polar surface area (TPSA) is 102 Å². The fraction of sp³-hybridized carbons (Fsp3) is 0.500. The lowest BCUT2D eigenvalue weighted by atomic mass is 10.1. The van der Waals surface area contributed by atoms with Crippen molar-refractivity contribution in [2.75, 3.05) is 50.5 Å². The summed E-state index contributed by atoms with van der Waals surface area (Å²) >= 11 is 5.94. The molecule has 25 heavy (non-hydrogen) atoms. The number of ether oxygens (including phenoxy) is 1. The van der Waals surface area contributed by atoms with Gasteiger partial charge in [-0.3, -0.25) is 9.69 Å². The zero-order valence-corrected chi connectivity index (χ0v) is 16.9. The van der Waals surface area contributed by atoms with Crippen LogP contribution in [-0.2, 0) is 9.84 Å². The molecule has 1 aromatic carbocycles. The van der Waals surface area contributed by atoms with Crippen LogP contribution in [0.15, 0.2) is 12.1 Å². The van der Waals surface area contributed by atoms with E-state index in [2.05, 4.69) is 5.32 Å². The molecule has 0 aliphatic carbocycles. The maximum Gasteiger partial charge on any atom is 0.255 e. The van der Waals surface area contributed by atoms with Gasteiger partial charge in [-0.05, 0) is 6.07 Å². The molecule has 0 saturated carbocycles. The van der Waals surface area contributed by atoms with Gasteiger partial charge in [-0.2, -0.15) is 0 Å². The second-order valence-corrected chi connectivity index (χ2v) is 8.03. The Bertz CT molecular complexity index is 687. The van der Waals surface area contributed by atoms with Crippen LogP contribution in [0, 0.1) is 0 Å². The van der Waals surface area contributed by atoms with Crippen LogP contribution in [0.4, 0.5) is 5.69 Å². The Morgan fingerprint density at radius 1 is 1.32 bits per heavy atom. The third-order valence-electron chi connectivity index (χ3n) is 3.71. The predicted octanol–water partition coefficient (Wildman–Crippen LogP) is 1.23. The van der Waals surface area contributed by atoms with Crippen molar-refractivity contribution in [2.24, 2.45) is 0 Å². The van der Waals surface area contributed by atoms with Gasteiger partial charge >= 0.3 is 0 Å². The first-order valence-corrected chi connectivity index (χ1v) is 9.36. The molecule has 11 heteroatoms. The van der Waals surface area contributed by atoms with Crippen LogP contribution in [0.3, 0.4) is 0 Å². The molecule has 1 heterocycles. The number of hydrogen-bond acceptors (Lipinski definition) is 6. The van der Waals surface area contributed by atoms with E-state index in [9.17, 15) is 13.2 Å². The lowest BCUT2D eigenvalue weighted by Crippen LogP contribution is -2.43. The van der Waals surface area contributed by atoms with Gasteiger partial charge in [-0.1, -0.05) is 11.6 Å². The Hall–Kier alpha value is -0.930. The van der Waals surface area contributed by atoms with Crippen molar-refractivity contribution in [3.8, 4) is 5.75 Å². The first kappa shape index (κ1) is 24.1. The van der Waals surface area contributed by atoms with Gasteiger partial charge in [0.1, 0.15) is 5.75 Å². The summed E-state index contributed by atoms with van der Waals surface area (Å²) in [5.74, 6) is 0.381. The second-order valence-electron chi connectivity index (χ2n) is 5.32. The third kappa shape index (κ3) is 6.71. The molecule has 0 unspecified atom stereocenters. The van der Waals surface area contributed by atoms with E-state index in [1.807, 2.05) is 4.90 Å². The van der Waals surface area contributed by atoms with E-state index in [1.165, 1.54) is 19.2 Å². The number of amides is 1. The van der Waals surface area contributed by atoms with Gasteiger partial charge in [0.05, 0.1) is 34.9 Å². The van der Waals surface area contributed by atoms with Crippen LogP contribution < -0.4 is 15.8 Å². The summed E-state index contributed by atoms with van der Waals surface area (Å²) in [7, 11) is -1.44. The van der Waals surface area contributed by atoms with E-state index >= 15 is 0 Å². The minimum Gasteiger partial charge on any atom is -0.496 e. The van der Waals surface area contributed by atoms with Crippen molar-refractivity contribution >= 4 is 57.8 Å². The fourth-order valence-corrected chi connectivity index (χ4v) is 3.75. The smallest absolute Gasteiger partial charge is 0.255 e. The Morgan fingerprint density at radius 3 is 2.48 bits per heavy atom. The zero-order valence-electron chi connectivity index (χ0n) is 13.7. The SMILES string of the molecule is COc1cc(N)c(Cl)cc1C(=O)NCCN1CCS(=O)(=O)CC1.Cl.Cl. The van der Waals surface area contributed by atoms with E-state index in [0.717, 1.165) is 0 Å². The highest BCUT2D eigenvalue weighted by Crippen LogP contribution is 2.28. The summed E-state index contributed by atoms with van der Waals surface area (Å²) in [5.41, 5.74) is 6.34. The molecule has 0 atom stereocenters. The second kappa shape index (κ2) is 10.3. The summed E-state index contributed by atoms with van der Waals surface area (Å²) in [6, 6.07) is 2.98. The van der Waals surface area contributed by atoms with Crippen LogP contribution in [0.1, 0.15) is 10.4 Å². The first-order chi connectivity index (χ1) is 10.8. The molecule has 0 radical (unpaired) electrons. The molecule has 1 fully saturated rings. The van der Waals surface area contributed by atoms with E-state index in [4.69, 9.17) is 22.1 Å². The average molecular weight is 435 g/mol. The number of nitrogen functional groups attached to an aromatic ring is 1. The average Bonchev–Trinajstić information content (AvgIpc) is 2.51. The van der Waals surface area contributed by atoms with Crippen LogP contribution >= 0.6 is 36.4 Å². The molecule has 0 spiro atoms. The number of carbonyl (C=O) groups is 1. The Kier molecular flexibility index (Phi) is 9.89. The number of anilines is 1. The summed E-state index contributed by atoms with van der Waals surface area (Å²) in [4.78, 5) is 14.2. The molecule has 1 aliphatic rings. The number of carbonyl (C=O) groups excluding carboxylic acids is 1. The Balaban J connectivity index is 0.00000288. The first-order valence-electron chi connectivity index (χ1n) is 7.16. The van der Waals surface area contributed by atoms with Gasteiger partial charge in [0.15, 0.2) is 9.84 Å². The van der Waals surface area contributed by atoms with E-state index < -0.39 is 9.84 Å². The molecule has 1 amide bonds. The van der Waals surface area contributed by atoms with Crippen LogP contribution in [-0.4, -0.2) is 64.0 Å². The molecule has 1 aliphatic heterocycles. The summed E-state index contributed by atoms with van der Waals surface area (Å²) < 4.78 is 27.9. The minimum absolute atomic E-state index is 0. The molecule has 2 rings (SSSR count). The maximum absolute atomic E-state index is 12.2. The van der Waals surface area contributed by atoms with Crippen molar-refractivity contribution in [2.45, 2.75) is 0 Å². The number of hydrogen-bond donors (Lipinski definition) is 2. The Labute approximate surface area is 165 Å². The minimum atomic E-state index is -2.89. The molecule has 0 aromatic heterocycles. The largest absolute Gasteiger partial charge is 0.496 e. The molecular weight excluding hydrogens is 413 g/mol. The molecule has 7 nitrogen and oxygen atoms in total. The lowest BCUT2D eigenvalue weighted by Gasteiger charge is -2.26. The number of benzene rings is 1. The predicted molar refractivity (Wildman–Crippen MR) is 104 cm³/mol. The number of nitrogens with zero attached hydrogens (tertiary/aromatic N) is 1. The summed E-state index contributed by atoms with van der Waals surface area (Å²) in [6.07, 6.45) is 0. The normalized spacial score (nSPS) is 16.2. The van der Waals surface area contributed by atoms with E-state index in [0.29, 0.717) is 43.2 Å². The quantitative estimate of drug-likeness (QED) is 0.676. The molecule has 0 bridgehead atoms. The van der Waals surface area contributed by atoms with Crippen molar-refractivity contribution in [3.63, 3.8) is 0 Å². The number of halogens is 3. The van der Waals surface area contributed by atoms with Gasteiger partial charge in [-0.25, -0.2) is 8.42 Å². The molecular formula is C14H22Cl3N3O4S. The fourth-order valence-electron chi connectivity index (χ4n) is 2.31.